The first kappa shape index (κ1) is 23.1. The third-order valence-corrected chi connectivity index (χ3v) is 7.32. The Labute approximate surface area is 203 Å². The van der Waals surface area contributed by atoms with Crippen LogP contribution in [0.15, 0.2) is 42.5 Å². The van der Waals surface area contributed by atoms with Gasteiger partial charge < -0.3 is 15.0 Å². The highest BCUT2D eigenvalue weighted by atomic mass is 35.5. The van der Waals surface area contributed by atoms with Crippen molar-refractivity contribution in [1.29, 1.82) is 0 Å². The van der Waals surface area contributed by atoms with Crippen LogP contribution in [0.25, 0.3) is 0 Å². The minimum Gasteiger partial charge on any atom is -0.484 e. The molecule has 0 aromatic heterocycles. The molecule has 2 bridgehead atoms. The van der Waals surface area contributed by atoms with Gasteiger partial charge in [-0.3, -0.25) is 9.69 Å². The molecule has 34 heavy (non-hydrogen) atoms. The van der Waals surface area contributed by atoms with Gasteiger partial charge in [-0.1, -0.05) is 23.2 Å². The van der Waals surface area contributed by atoms with Crippen molar-refractivity contribution >= 4 is 40.8 Å². The van der Waals surface area contributed by atoms with Crippen molar-refractivity contribution in [3.8, 4) is 5.75 Å². The summed E-state index contributed by atoms with van der Waals surface area (Å²) in [6.07, 6.45) is -2.77. The number of nitrogens with zero attached hydrogens (tertiary/aromatic N) is 2. The Morgan fingerprint density at radius 3 is 2.38 bits per heavy atom. The van der Waals surface area contributed by atoms with Crippen LogP contribution in [0.2, 0.25) is 10.0 Å². The number of hydrogen-bond donors (Lipinski definition) is 1. The van der Waals surface area contributed by atoms with Gasteiger partial charge in [-0.25, -0.2) is 4.79 Å². The van der Waals surface area contributed by atoms with E-state index in [0.717, 1.165) is 12.1 Å². The third-order valence-electron chi connectivity index (χ3n) is 6.74. The number of carbonyl (C=O) groups is 2. The van der Waals surface area contributed by atoms with E-state index >= 15 is 0 Å². The Balaban J connectivity index is 1.17. The van der Waals surface area contributed by atoms with Crippen LogP contribution in [-0.4, -0.2) is 47.6 Å². The van der Waals surface area contributed by atoms with Gasteiger partial charge in [0.25, 0.3) is 5.91 Å². The number of amides is 3. The van der Waals surface area contributed by atoms with Crippen LogP contribution >= 0.6 is 23.2 Å². The molecular formula is C23H20Cl2F3N3O3. The van der Waals surface area contributed by atoms with Gasteiger partial charge in [0, 0.05) is 29.3 Å². The number of urea groups is 1. The number of carbonyl (C=O) groups excluding carboxylic acids is 2. The maximum atomic E-state index is 13.2. The van der Waals surface area contributed by atoms with E-state index in [0.29, 0.717) is 36.6 Å². The lowest BCUT2D eigenvalue weighted by molar-refractivity contribution is -0.165. The first-order valence-corrected chi connectivity index (χ1v) is 11.4. The first-order valence-electron chi connectivity index (χ1n) is 10.7. The number of halogens is 5. The van der Waals surface area contributed by atoms with E-state index in [2.05, 4.69) is 5.32 Å². The molecule has 4 fully saturated rings. The van der Waals surface area contributed by atoms with Crippen LogP contribution in [0.1, 0.15) is 24.8 Å². The van der Waals surface area contributed by atoms with Crippen LogP contribution in [0.5, 0.6) is 5.75 Å². The summed E-state index contributed by atoms with van der Waals surface area (Å²) in [6.45, 7) is 0.561. The summed E-state index contributed by atoms with van der Waals surface area (Å²) in [5.41, 5.74) is -1.53. The Bertz CT molecular complexity index is 1140. The van der Waals surface area contributed by atoms with Crippen LogP contribution in [0.4, 0.5) is 23.7 Å². The fourth-order valence-corrected chi connectivity index (χ4v) is 5.63. The molecule has 0 spiro atoms. The van der Waals surface area contributed by atoms with Gasteiger partial charge in [0.1, 0.15) is 5.75 Å². The lowest BCUT2D eigenvalue weighted by atomic mass is 9.43. The van der Waals surface area contributed by atoms with E-state index < -0.39 is 16.8 Å². The summed E-state index contributed by atoms with van der Waals surface area (Å²) in [5, 5.41) is 3.16. The lowest BCUT2D eigenvalue weighted by Gasteiger charge is -2.72. The molecule has 0 unspecified atom stereocenters. The average Bonchev–Trinajstić information content (AvgIpc) is 3.10. The summed E-state index contributed by atoms with van der Waals surface area (Å²) in [4.78, 5) is 28.4. The molecule has 4 aliphatic rings. The fraction of sp³-hybridized carbons (Fsp3) is 0.391. The maximum Gasteiger partial charge on any atom is 0.417 e. The predicted molar refractivity (Wildman–Crippen MR) is 120 cm³/mol. The minimum absolute atomic E-state index is 0.134. The normalized spacial score (nSPS) is 25.6. The molecule has 1 saturated heterocycles. The second-order valence-corrected chi connectivity index (χ2v) is 9.92. The molecule has 1 aliphatic heterocycles. The van der Waals surface area contributed by atoms with Crippen molar-refractivity contribution in [1.82, 2.24) is 10.2 Å². The molecule has 0 atom stereocenters. The Morgan fingerprint density at radius 1 is 1.06 bits per heavy atom. The third kappa shape index (κ3) is 3.94. The number of alkyl halides is 3. The zero-order valence-corrected chi connectivity index (χ0v) is 19.3. The summed E-state index contributed by atoms with van der Waals surface area (Å²) >= 11 is 11.5. The van der Waals surface area contributed by atoms with Crippen LogP contribution in [0.3, 0.4) is 0 Å². The Hall–Kier alpha value is -2.65. The molecule has 1 N–H and O–H groups in total. The Kier molecular flexibility index (Phi) is 5.40. The molecule has 2 aromatic carbocycles. The van der Waals surface area contributed by atoms with E-state index in [4.69, 9.17) is 27.9 Å². The molecule has 3 amide bonds. The van der Waals surface area contributed by atoms with Gasteiger partial charge in [0.05, 0.1) is 16.1 Å². The molecule has 6 nitrogen and oxygen atoms in total. The lowest BCUT2D eigenvalue weighted by Crippen LogP contribution is -2.84. The minimum atomic E-state index is -4.61. The fourth-order valence-electron chi connectivity index (χ4n) is 5.28. The van der Waals surface area contributed by atoms with Crippen molar-refractivity contribution in [3.63, 3.8) is 0 Å². The van der Waals surface area contributed by atoms with E-state index in [1.807, 2.05) is 0 Å². The quantitative estimate of drug-likeness (QED) is 0.582. The second kappa shape index (κ2) is 7.95. The molecule has 2 aromatic rings. The zero-order valence-electron chi connectivity index (χ0n) is 17.8. The monoisotopic (exact) mass is 513 g/mol. The standard InChI is InChI=1S/C23H20Cl2F3N3O3/c24-14-1-4-16(5-2-14)34-10-19(32)29-21-11-22(12-21,13-21)31-8-7-30(20(31)33)15-3-6-18(25)17(9-15)23(26,27)28/h1-6,9H,7-8,10-13H2,(H,29,32). The molecule has 180 valence electrons. The predicted octanol–water partition coefficient (Wildman–Crippen LogP) is 5.12. The van der Waals surface area contributed by atoms with Gasteiger partial charge in [0.15, 0.2) is 6.61 Å². The number of ether oxygens (including phenoxy) is 1. The van der Waals surface area contributed by atoms with Crippen molar-refractivity contribution in [3.05, 3.63) is 58.1 Å². The second-order valence-electron chi connectivity index (χ2n) is 9.07. The maximum absolute atomic E-state index is 13.2. The highest BCUT2D eigenvalue weighted by Gasteiger charge is 2.72. The number of benzene rings is 2. The van der Waals surface area contributed by atoms with E-state index in [1.165, 1.54) is 11.0 Å². The van der Waals surface area contributed by atoms with Gasteiger partial charge in [-0.2, -0.15) is 13.2 Å². The van der Waals surface area contributed by atoms with E-state index in [-0.39, 0.29) is 41.9 Å². The number of rotatable bonds is 6. The number of nitrogens with one attached hydrogen (secondary N) is 1. The number of anilines is 1. The molecule has 0 radical (unpaired) electrons. The summed E-state index contributed by atoms with van der Waals surface area (Å²) in [6, 6.07) is 9.85. The highest BCUT2D eigenvalue weighted by molar-refractivity contribution is 6.31. The SMILES string of the molecule is O=C(COc1ccc(Cl)cc1)NC12CC(N3CCN(c4ccc(Cl)c(C(F)(F)F)c4)C3=O)(C1)C2. The molecule has 3 saturated carbocycles. The average molecular weight is 514 g/mol. The van der Waals surface area contributed by atoms with Gasteiger partial charge in [-0.05, 0) is 61.7 Å². The van der Waals surface area contributed by atoms with E-state index in [9.17, 15) is 22.8 Å². The largest absolute Gasteiger partial charge is 0.484 e. The Morgan fingerprint density at radius 2 is 1.74 bits per heavy atom. The van der Waals surface area contributed by atoms with Crippen molar-refractivity contribution in [2.24, 2.45) is 0 Å². The van der Waals surface area contributed by atoms with E-state index in [1.54, 1.807) is 29.2 Å². The van der Waals surface area contributed by atoms with Gasteiger partial charge in [0.2, 0.25) is 0 Å². The van der Waals surface area contributed by atoms with Crippen molar-refractivity contribution in [2.75, 3.05) is 24.6 Å². The van der Waals surface area contributed by atoms with Crippen LogP contribution < -0.4 is 15.0 Å². The number of hydrogen-bond acceptors (Lipinski definition) is 3. The van der Waals surface area contributed by atoms with Crippen molar-refractivity contribution in [2.45, 2.75) is 36.5 Å². The smallest absolute Gasteiger partial charge is 0.417 e. The summed E-state index contributed by atoms with van der Waals surface area (Å²) in [7, 11) is 0. The summed E-state index contributed by atoms with van der Waals surface area (Å²) < 4.78 is 45.1. The summed E-state index contributed by atoms with van der Waals surface area (Å²) in [5.74, 6) is 0.283. The highest BCUT2D eigenvalue weighted by Crippen LogP contribution is 2.64. The van der Waals surface area contributed by atoms with Crippen molar-refractivity contribution < 1.29 is 27.5 Å². The van der Waals surface area contributed by atoms with Crippen LogP contribution in [0, 0.1) is 0 Å². The van der Waals surface area contributed by atoms with Crippen LogP contribution in [-0.2, 0) is 11.0 Å². The zero-order chi connectivity index (χ0) is 24.3. The molecule has 1 heterocycles. The topological polar surface area (TPSA) is 61.9 Å². The molecule has 6 rings (SSSR count). The first-order chi connectivity index (χ1) is 16.0. The molecule has 3 aliphatic carbocycles. The molecule has 11 heteroatoms. The van der Waals surface area contributed by atoms with Gasteiger partial charge in [-0.15, -0.1) is 0 Å². The van der Waals surface area contributed by atoms with Gasteiger partial charge >= 0.3 is 12.2 Å². The molecular weight excluding hydrogens is 494 g/mol.